The fourth-order valence-electron chi connectivity index (χ4n) is 4.48. The number of fused-ring (bicyclic) bond motifs is 1. The number of carbonyl (C=O) groups excluding carboxylic acids is 2. The highest BCUT2D eigenvalue weighted by Crippen LogP contribution is 2.33. The van der Waals surface area contributed by atoms with Gasteiger partial charge in [0.1, 0.15) is 5.82 Å². The number of nitrogens with one attached hydrogen (secondary N) is 2. The molecule has 0 atom stereocenters. The fourth-order valence-corrected chi connectivity index (χ4v) is 4.48. The molecule has 3 amide bonds. The molecule has 212 valence electrons. The molecule has 10 nitrogen and oxygen atoms in total. The van der Waals surface area contributed by atoms with E-state index in [0.29, 0.717) is 29.7 Å². The molecule has 5 rings (SSSR count). The first kappa shape index (κ1) is 27.6. The molecule has 0 fully saturated rings. The van der Waals surface area contributed by atoms with Crippen LogP contribution in [-0.4, -0.2) is 45.0 Å². The highest BCUT2D eigenvalue weighted by atomic mass is 19.4. The molecule has 0 aliphatic carbocycles. The topological polar surface area (TPSA) is 108 Å². The average Bonchev–Trinajstić information content (AvgIpc) is 3.48. The molecule has 13 heteroatoms. The lowest BCUT2D eigenvalue weighted by Gasteiger charge is -2.35. The Hall–Kier alpha value is -4.94. The van der Waals surface area contributed by atoms with Gasteiger partial charge in [0.15, 0.2) is 0 Å². The number of alkyl halides is 3. The van der Waals surface area contributed by atoms with Crippen molar-refractivity contribution in [2.24, 2.45) is 0 Å². The van der Waals surface area contributed by atoms with Crippen molar-refractivity contribution in [3.05, 3.63) is 89.6 Å². The number of nitrogens with zero attached hydrogens (tertiary/aromatic N) is 6. The Morgan fingerprint density at radius 3 is 2.73 bits per heavy atom. The van der Waals surface area contributed by atoms with Gasteiger partial charge in [-0.05, 0) is 49.2 Å². The maximum Gasteiger partial charge on any atom is 0.416 e. The van der Waals surface area contributed by atoms with Gasteiger partial charge in [-0.25, -0.2) is 14.8 Å². The number of benzene rings is 2. The monoisotopic (exact) mass is 564 g/mol. The van der Waals surface area contributed by atoms with Gasteiger partial charge in [-0.1, -0.05) is 12.1 Å². The third kappa shape index (κ3) is 6.13. The van der Waals surface area contributed by atoms with E-state index in [2.05, 4.69) is 25.6 Å². The Balaban J connectivity index is 1.29. The van der Waals surface area contributed by atoms with E-state index in [0.717, 1.165) is 36.2 Å². The lowest BCUT2D eigenvalue weighted by molar-refractivity contribution is -0.137. The number of aryl methyl sites for hydroxylation is 2. The standard InChI is InChI=1S/C28H27F3N8O2/c1-18-7-8-22(35-25(40)19-5-3-6-21(13-19)28(29,30)31)14-23(18)39-16-20-15-34-26(36-24(20)37(2)27(39)41)33-9-4-11-38-12-10-32-17-38/h3,5-8,10,12-15,17H,4,9,11,16H2,1-2H3,(H,35,40)(H,33,34,36). The number of rotatable bonds is 8. The van der Waals surface area contributed by atoms with Crippen LogP contribution >= 0.6 is 0 Å². The fraction of sp³-hybridized carbons (Fsp3) is 0.250. The lowest BCUT2D eigenvalue weighted by Crippen LogP contribution is -2.46. The molecule has 1 aliphatic heterocycles. The van der Waals surface area contributed by atoms with Gasteiger partial charge >= 0.3 is 12.2 Å². The van der Waals surface area contributed by atoms with E-state index < -0.39 is 17.6 Å². The van der Waals surface area contributed by atoms with Crippen molar-refractivity contribution in [2.45, 2.75) is 32.6 Å². The number of halogens is 3. The predicted octanol–water partition coefficient (Wildman–Crippen LogP) is 5.33. The highest BCUT2D eigenvalue weighted by Gasteiger charge is 2.32. The zero-order valence-corrected chi connectivity index (χ0v) is 22.3. The van der Waals surface area contributed by atoms with Crippen LogP contribution in [0, 0.1) is 6.92 Å². The molecule has 2 aromatic heterocycles. The number of hydrogen-bond acceptors (Lipinski definition) is 6. The van der Waals surface area contributed by atoms with E-state index in [1.807, 2.05) is 17.7 Å². The predicted molar refractivity (Wildman–Crippen MR) is 148 cm³/mol. The van der Waals surface area contributed by atoms with Crippen LogP contribution < -0.4 is 20.4 Å². The van der Waals surface area contributed by atoms with Crippen molar-refractivity contribution in [3.8, 4) is 0 Å². The molecule has 0 saturated carbocycles. The minimum atomic E-state index is -4.56. The van der Waals surface area contributed by atoms with E-state index in [1.165, 1.54) is 17.0 Å². The van der Waals surface area contributed by atoms with Crippen molar-refractivity contribution >= 4 is 35.1 Å². The van der Waals surface area contributed by atoms with E-state index in [9.17, 15) is 22.8 Å². The Morgan fingerprint density at radius 1 is 1.15 bits per heavy atom. The van der Waals surface area contributed by atoms with E-state index in [4.69, 9.17) is 0 Å². The number of carbonyl (C=O) groups is 2. The summed E-state index contributed by atoms with van der Waals surface area (Å²) in [6, 6.07) is 8.85. The summed E-state index contributed by atoms with van der Waals surface area (Å²) in [5.74, 6) is 0.208. The van der Waals surface area contributed by atoms with Crippen molar-refractivity contribution in [2.75, 3.05) is 34.0 Å². The quantitative estimate of drug-likeness (QED) is 0.280. The van der Waals surface area contributed by atoms with Gasteiger partial charge in [0, 0.05) is 55.5 Å². The number of urea groups is 1. The Kier molecular flexibility index (Phi) is 7.60. The summed E-state index contributed by atoms with van der Waals surface area (Å²) in [7, 11) is 1.62. The summed E-state index contributed by atoms with van der Waals surface area (Å²) in [4.78, 5) is 42.1. The lowest BCUT2D eigenvalue weighted by atomic mass is 10.1. The Labute approximate surface area is 233 Å². The third-order valence-corrected chi connectivity index (χ3v) is 6.65. The number of imidazole rings is 1. The molecular formula is C28H27F3N8O2. The molecular weight excluding hydrogens is 537 g/mol. The summed E-state index contributed by atoms with van der Waals surface area (Å²) in [6.07, 6.45) is 3.31. The summed E-state index contributed by atoms with van der Waals surface area (Å²) in [5, 5.41) is 5.82. The minimum Gasteiger partial charge on any atom is -0.354 e. The zero-order chi connectivity index (χ0) is 29.1. The van der Waals surface area contributed by atoms with E-state index in [1.54, 1.807) is 48.9 Å². The van der Waals surface area contributed by atoms with Crippen LogP contribution in [0.15, 0.2) is 67.4 Å². The van der Waals surface area contributed by atoms with Crippen LogP contribution in [0.3, 0.4) is 0 Å². The van der Waals surface area contributed by atoms with Gasteiger partial charge < -0.3 is 15.2 Å². The number of hydrogen-bond donors (Lipinski definition) is 2. The molecule has 3 heterocycles. The van der Waals surface area contributed by atoms with Gasteiger partial charge in [0.25, 0.3) is 5.91 Å². The van der Waals surface area contributed by atoms with Crippen molar-refractivity contribution in [3.63, 3.8) is 0 Å². The molecule has 1 aliphatic rings. The Morgan fingerprint density at radius 2 is 1.98 bits per heavy atom. The molecule has 0 saturated heterocycles. The smallest absolute Gasteiger partial charge is 0.354 e. The SMILES string of the molecule is Cc1ccc(NC(=O)c2cccc(C(F)(F)F)c2)cc1N1Cc2cnc(NCCCn3ccnc3)nc2N(C)C1=O. The van der Waals surface area contributed by atoms with Gasteiger partial charge in [-0.2, -0.15) is 18.2 Å². The van der Waals surface area contributed by atoms with Crippen LogP contribution in [-0.2, 0) is 19.3 Å². The van der Waals surface area contributed by atoms with Gasteiger partial charge in [-0.15, -0.1) is 0 Å². The molecule has 41 heavy (non-hydrogen) atoms. The summed E-state index contributed by atoms with van der Waals surface area (Å²) in [6.45, 7) is 3.46. The van der Waals surface area contributed by atoms with Crippen LogP contribution in [0.4, 0.5) is 41.1 Å². The maximum atomic E-state index is 13.4. The summed E-state index contributed by atoms with van der Waals surface area (Å²) >= 11 is 0. The maximum absolute atomic E-state index is 13.4. The summed E-state index contributed by atoms with van der Waals surface area (Å²) in [5.41, 5.74) is 1.33. The molecule has 2 N–H and O–H groups in total. The normalized spacial score (nSPS) is 13.2. The van der Waals surface area contributed by atoms with E-state index >= 15 is 0 Å². The average molecular weight is 565 g/mol. The van der Waals surface area contributed by atoms with Gasteiger partial charge in [0.05, 0.1) is 24.1 Å². The largest absolute Gasteiger partial charge is 0.416 e. The van der Waals surface area contributed by atoms with Gasteiger partial charge in [0.2, 0.25) is 5.95 Å². The number of amides is 3. The molecule has 0 unspecified atom stereocenters. The summed E-state index contributed by atoms with van der Waals surface area (Å²) < 4.78 is 41.2. The Bertz CT molecular complexity index is 1570. The highest BCUT2D eigenvalue weighted by molar-refractivity contribution is 6.07. The molecule has 0 radical (unpaired) electrons. The second-order valence-corrected chi connectivity index (χ2v) is 9.58. The first-order valence-corrected chi connectivity index (χ1v) is 12.8. The van der Waals surface area contributed by atoms with E-state index in [-0.39, 0.29) is 18.1 Å². The minimum absolute atomic E-state index is 0.132. The van der Waals surface area contributed by atoms with Crippen molar-refractivity contribution in [1.82, 2.24) is 19.5 Å². The van der Waals surface area contributed by atoms with Crippen LogP contribution in [0.25, 0.3) is 0 Å². The second kappa shape index (κ2) is 11.3. The second-order valence-electron chi connectivity index (χ2n) is 9.58. The van der Waals surface area contributed by atoms with Crippen LogP contribution in [0.1, 0.15) is 33.5 Å². The molecule has 2 aromatic carbocycles. The first-order valence-electron chi connectivity index (χ1n) is 12.8. The number of aromatic nitrogens is 4. The molecule has 4 aromatic rings. The van der Waals surface area contributed by atoms with Crippen LogP contribution in [0.5, 0.6) is 0 Å². The molecule has 0 spiro atoms. The number of anilines is 4. The zero-order valence-electron chi connectivity index (χ0n) is 22.3. The first-order chi connectivity index (χ1) is 19.6. The third-order valence-electron chi connectivity index (χ3n) is 6.65. The van der Waals surface area contributed by atoms with Crippen LogP contribution in [0.2, 0.25) is 0 Å². The van der Waals surface area contributed by atoms with Crippen molar-refractivity contribution in [1.29, 1.82) is 0 Å². The molecule has 0 bridgehead atoms. The van der Waals surface area contributed by atoms with Crippen molar-refractivity contribution < 1.29 is 22.8 Å². The van der Waals surface area contributed by atoms with Gasteiger partial charge in [-0.3, -0.25) is 14.6 Å².